The first-order chi connectivity index (χ1) is 6.27. The van der Waals surface area contributed by atoms with Gasteiger partial charge >= 0.3 is 0 Å². The lowest BCUT2D eigenvalue weighted by Gasteiger charge is -2.58. The zero-order valence-corrected chi connectivity index (χ0v) is 8.32. The average Bonchev–Trinajstić information content (AvgIpc) is 2.15. The normalized spacial score (nSPS) is 55.4. The molecule has 0 amide bonds. The van der Waals surface area contributed by atoms with Gasteiger partial charge in [0.25, 0.3) is 0 Å². The molecule has 4 bridgehead atoms. The number of aliphatic hydroxyl groups is 1. The molecule has 4 aliphatic rings. The van der Waals surface area contributed by atoms with E-state index in [-0.39, 0.29) is 6.10 Å². The zero-order chi connectivity index (χ0) is 9.00. The molecule has 2 aliphatic carbocycles. The van der Waals surface area contributed by atoms with Crippen molar-refractivity contribution in [3.63, 3.8) is 0 Å². The maximum Gasteiger partial charge on any atom is 0.0698 e. The third kappa shape index (κ3) is 1.02. The molecular weight excluding hydrogens is 162 g/mol. The Morgan fingerprint density at radius 3 is 2.77 bits per heavy atom. The largest absolute Gasteiger partial charge is 0.391 e. The summed E-state index contributed by atoms with van der Waals surface area (Å²) >= 11 is 0. The Hall–Kier alpha value is -0.0800. The summed E-state index contributed by atoms with van der Waals surface area (Å²) in [7, 11) is 2.21. The third-order valence-corrected chi connectivity index (χ3v) is 4.73. The van der Waals surface area contributed by atoms with Crippen molar-refractivity contribution >= 4 is 0 Å². The molecule has 5 atom stereocenters. The molecule has 5 unspecified atom stereocenters. The molecule has 2 aliphatic heterocycles. The van der Waals surface area contributed by atoms with Gasteiger partial charge < -0.3 is 5.11 Å². The van der Waals surface area contributed by atoms with Crippen LogP contribution in [-0.2, 0) is 0 Å². The van der Waals surface area contributed by atoms with Gasteiger partial charge in [-0.15, -0.1) is 0 Å². The standard InChI is InChI=1S/C11H19NO/c1-12-8-3-4-9-7(6-8)2-5-10(13)11(9)12/h7-11,13H,2-6H2,1H3. The van der Waals surface area contributed by atoms with E-state index in [1.54, 1.807) is 0 Å². The van der Waals surface area contributed by atoms with Gasteiger partial charge in [0, 0.05) is 12.1 Å². The predicted octanol–water partition coefficient (Wildman–Crippen LogP) is 1.24. The van der Waals surface area contributed by atoms with E-state index in [4.69, 9.17) is 0 Å². The summed E-state index contributed by atoms with van der Waals surface area (Å²) in [5.41, 5.74) is 0. The van der Waals surface area contributed by atoms with Gasteiger partial charge in [-0.05, 0) is 51.0 Å². The summed E-state index contributed by atoms with van der Waals surface area (Å²) in [5, 5.41) is 9.97. The molecule has 2 saturated heterocycles. The molecule has 0 spiro atoms. The van der Waals surface area contributed by atoms with Gasteiger partial charge in [-0.3, -0.25) is 4.90 Å². The van der Waals surface area contributed by atoms with Crippen molar-refractivity contribution in [2.45, 2.75) is 50.3 Å². The highest BCUT2D eigenvalue weighted by molar-refractivity contribution is 5.03. The molecule has 0 aromatic rings. The lowest BCUT2D eigenvalue weighted by Crippen LogP contribution is -2.63. The Balaban J connectivity index is 1.92. The van der Waals surface area contributed by atoms with Crippen LogP contribution in [0.25, 0.3) is 0 Å². The molecule has 4 rings (SSSR count). The quantitative estimate of drug-likeness (QED) is 0.608. The second-order valence-electron chi connectivity index (χ2n) is 5.19. The van der Waals surface area contributed by atoms with Gasteiger partial charge in [-0.1, -0.05) is 0 Å². The number of nitrogens with zero attached hydrogens (tertiary/aromatic N) is 1. The van der Waals surface area contributed by atoms with Crippen LogP contribution in [0, 0.1) is 11.8 Å². The molecule has 2 saturated carbocycles. The molecule has 4 fully saturated rings. The van der Waals surface area contributed by atoms with Crippen LogP contribution in [0.4, 0.5) is 0 Å². The van der Waals surface area contributed by atoms with E-state index in [0.29, 0.717) is 6.04 Å². The summed E-state index contributed by atoms with van der Waals surface area (Å²) in [6, 6.07) is 1.29. The fourth-order valence-electron chi connectivity index (χ4n) is 4.07. The van der Waals surface area contributed by atoms with Gasteiger partial charge in [0.2, 0.25) is 0 Å². The van der Waals surface area contributed by atoms with Crippen LogP contribution in [0.1, 0.15) is 32.1 Å². The number of rotatable bonds is 0. The molecule has 13 heavy (non-hydrogen) atoms. The Morgan fingerprint density at radius 2 is 2.00 bits per heavy atom. The number of likely N-dealkylation sites (N-methyl/N-ethyl adjacent to an activating group) is 1. The minimum Gasteiger partial charge on any atom is -0.391 e. The van der Waals surface area contributed by atoms with Crippen molar-refractivity contribution in [1.82, 2.24) is 4.90 Å². The minimum absolute atomic E-state index is 0.0330. The molecule has 2 heterocycles. The number of piperidine rings is 2. The second-order valence-corrected chi connectivity index (χ2v) is 5.19. The highest BCUT2D eigenvalue weighted by atomic mass is 16.3. The number of aliphatic hydroxyl groups excluding tert-OH is 1. The van der Waals surface area contributed by atoms with E-state index in [1.807, 2.05) is 0 Å². The van der Waals surface area contributed by atoms with Crippen LogP contribution < -0.4 is 0 Å². The Kier molecular flexibility index (Phi) is 1.72. The van der Waals surface area contributed by atoms with E-state index in [9.17, 15) is 5.11 Å². The van der Waals surface area contributed by atoms with Crippen molar-refractivity contribution in [3.8, 4) is 0 Å². The summed E-state index contributed by atoms with van der Waals surface area (Å²) < 4.78 is 0. The maximum atomic E-state index is 9.97. The Morgan fingerprint density at radius 1 is 1.15 bits per heavy atom. The molecule has 0 aromatic heterocycles. The summed E-state index contributed by atoms with van der Waals surface area (Å²) in [5.74, 6) is 1.77. The first-order valence-corrected chi connectivity index (χ1v) is 5.67. The smallest absolute Gasteiger partial charge is 0.0698 e. The van der Waals surface area contributed by atoms with Crippen LogP contribution in [0.5, 0.6) is 0 Å². The monoisotopic (exact) mass is 181 g/mol. The van der Waals surface area contributed by atoms with Crippen LogP contribution in [-0.4, -0.2) is 35.2 Å². The first kappa shape index (κ1) is 8.25. The van der Waals surface area contributed by atoms with Crippen LogP contribution in [0.15, 0.2) is 0 Å². The van der Waals surface area contributed by atoms with Crippen molar-refractivity contribution in [2.75, 3.05) is 7.05 Å². The molecule has 2 heteroatoms. The zero-order valence-electron chi connectivity index (χ0n) is 8.32. The first-order valence-electron chi connectivity index (χ1n) is 5.67. The van der Waals surface area contributed by atoms with Crippen molar-refractivity contribution in [3.05, 3.63) is 0 Å². The lowest BCUT2D eigenvalue weighted by atomic mass is 9.61. The lowest BCUT2D eigenvalue weighted by molar-refractivity contribution is -0.117. The van der Waals surface area contributed by atoms with E-state index < -0.39 is 0 Å². The van der Waals surface area contributed by atoms with Crippen molar-refractivity contribution in [1.29, 1.82) is 0 Å². The molecule has 2 nitrogen and oxygen atoms in total. The second kappa shape index (κ2) is 2.71. The molecular formula is C11H19NO. The van der Waals surface area contributed by atoms with Crippen molar-refractivity contribution in [2.24, 2.45) is 11.8 Å². The maximum absolute atomic E-state index is 9.97. The van der Waals surface area contributed by atoms with E-state index in [1.165, 1.54) is 25.7 Å². The van der Waals surface area contributed by atoms with E-state index in [0.717, 1.165) is 24.3 Å². The van der Waals surface area contributed by atoms with E-state index in [2.05, 4.69) is 11.9 Å². The minimum atomic E-state index is -0.0330. The predicted molar refractivity (Wildman–Crippen MR) is 51.4 cm³/mol. The van der Waals surface area contributed by atoms with Crippen LogP contribution in [0.2, 0.25) is 0 Å². The molecule has 1 N–H and O–H groups in total. The number of hydrogen-bond donors (Lipinski definition) is 1. The Labute approximate surface area is 79.9 Å². The fraction of sp³-hybridized carbons (Fsp3) is 1.00. The highest BCUT2D eigenvalue weighted by Crippen LogP contribution is 2.49. The number of fused-ring (bicyclic) bond motifs is 1. The molecule has 0 radical (unpaired) electrons. The van der Waals surface area contributed by atoms with Crippen LogP contribution >= 0.6 is 0 Å². The topological polar surface area (TPSA) is 23.5 Å². The fourth-order valence-corrected chi connectivity index (χ4v) is 4.07. The molecule has 0 aromatic carbocycles. The SMILES string of the molecule is CN1C2CCC3C(CCC(O)C31)C2. The summed E-state index contributed by atoms with van der Waals surface area (Å²) in [6.45, 7) is 0. The summed E-state index contributed by atoms with van der Waals surface area (Å²) in [6.07, 6.45) is 6.46. The highest BCUT2D eigenvalue weighted by Gasteiger charge is 2.50. The summed E-state index contributed by atoms with van der Waals surface area (Å²) in [4.78, 5) is 2.47. The van der Waals surface area contributed by atoms with Gasteiger partial charge in [-0.2, -0.15) is 0 Å². The van der Waals surface area contributed by atoms with Gasteiger partial charge in [-0.25, -0.2) is 0 Å². The van der Waals surface area contributed by atoms with Crippen LogP contribution in [0.3, 0.4) is 0 Å². The third-order valence-electron chi connectivity index (χ3n) is 4.73. The van der Waals surface area contributed by atoms with Gasteiger partial charge in [0.05, 0.1) is 6.10 Å². The Bertz CT molecular complexity index is 218. The molecule has 74 valence electrons. The number of hydrogen-bond acceptors (Lipinski definition) is 2. The van der Waals surface area contributed by atoms with Gasteiger partial charge in [0.1, 0.15) is 0 Å². The van der Waals surface area contributed by atoms with E-state index >= 15 is 0 Å². The van der Waals surface area contributed by atoms with Crippen molar-refractivity contribution < 1.29 is 5.11 Å². The van der Waals surface area contributed by atoms with Gasteiger partial charge in [0.15, 0.2) is 0 Å². The average molecular weight is 181 g/mol.